The number of carboxylic acid groups (broad SMARTS) is 1. The van der Waals surface area contributed by atoms with Crippen LogP contribution in [0, 0.1) is 0 Å². The Kier molecular flexibility index (Phi) is 13.7. The minimum absolute atomic E-state index is 0.00371. The van der Waals surface area contributed by atoms with E-state index in [2.05, 4.69) is 5.32 Å². The standard InChI is InChI=1S/C20H31NO5S2/c22-19(13-6-4-2-1-3-5-9-16-28(25)26)21-17-11-7-8-12-18(17)27-15-10-14-20(23)24/h7-8,11-12H,1-6,9-10,13-16H2,(H,21,22)(H,23,24)(H,25,26). The second-order valence-corrected chi connectivity index (χ2v) is 8.83. The van der Waals surface area contributed by atoms with Crippen LogP contribution in [0.25, 0.3) is 0 Å². The van der Waals surface area contributed by atoms with Gasteiger partial charge in [-0.25, -0.2) is 4.21 Å². The molecule has 0 aliphatic rings. The maximum absolute atomic E-state index is 12.2. The smallest absolute Gasteiger partial charge is 0.303 e. The fourth-order valence-electron chi connectivity index (χ4n) is 2.71. The number of carbonyl (C=O) groups is 2. The molecule has 0 saturated heterocycles. The van der Waals surface area contributed by atoms with E-state index in [1.807, 2.05) is 24.3 Å². The summed E-state index contributed by atoms with van der Waals surface area (Å²) in [4.78, 5) is 23.7. The molecule has 8 heteroatoms. The molecule has 0 fully saturated rings. The lowest BCUT2D eigenvalue weighted by Crippen LogP contribution is -2.11. The summed E-state index contributed by atoms with van der Waals surface area (Å²) in [7, 11) is 0. The number of hydrogen-bond acceptors (Lipinski definition) is 4. The molecular formula is C20H31NO5S2. The molecule has 0 saturated carbocycles. The molecular weight excluding hydrogens is 398 g/mol. The van der Waals surface area contributed by atoms with E-state index in [0.717, 1.165) is 55.5 Å². The highest BCUT2D eigenvalue weighted by Crippen LogP contribution is 2.28. The summed E-state index contributed by atoms with van der Waals surface area (Å²) in [5.41, 5.74) is 0.786. The Labute approximate surface area is 174 Å². The van der Waals surface area contributed by atoms with Gasteiger partial charge in [0, 0.05) is 23.5 Å². The summed E-state index contributed by atoms with van der Waals surface area (Å²) in [5.74, 6) is 0.278. The third-order valence-electron chi connectivity index (χ3n) is 4.18. The molecule has 1 unspecified atom stereocenters. The number of aliphatic carboxylic acids is 1. The summed E-state index contributed by atoms with van der Waals surface area (Å²) < 4.78 is 19.2. The lowest BCUT2D eigenvalue weighted by Gasteiger charge is -2.10. The van der Waals surface area contributed by atoms with Crippen molar-refractivity contribution < 1.29 is 23.5 Å². The van der Waals surface area contributed by atoms with Crippen LogP contribution in [-0.4, -0.2) is 37.3 Å². The zero-order valence-corrected chi connectivity index (χ0v) is 17.9. The van der Waals surface area contributed by atoms with Gasteiger partial charge in [-0.1, -0.05) is 44.2 Å². The number of benzene rings is 1. The van der Waals surface area contributed by atoms with Gasteiger partial charge in [0.1, 0.15) is 0 Å². The van der Waals surface area contributed by atoms with E-state index in [1.54, 1.807) is 11.8 Å². The maximum atomic E-state index is 12.2. The second kappa shape index (κ2) is 15.5. The third-order valence-corrected chi connectivity index (χ3v) is 5.97. The molecule has 3 N–H and O–H groups in total. The number of hydrogen-bond donors (Lipinski definition) is 3. The van der Waals surface area contributed by atoms with Gasteiger partial charge in [-0.3, -0.25) is 9.59 Å². The van der Waals surface area contributed by atoms with Crippen molar-refractivity contribution in [1.29, 1.82) is 0 Å². The van der Waals surface area contributed by atoms with Crippen LogP contribution in [0.2, 0.25) is 0 Å². The molecule has 158 valence electrons. The number of nitrogens with one attached hydrogen (secondary N) is 1. The lowest BCUT2D eigenvalue weighted by molar-refractivity contribution is -0.137. The second-order valence-electron chi connectivity index (χ2n) is 6.64. The van der Waals surface area contributed by atoms with Crippen molar-refractivity contribution in [3.63, 3.8) is 0 Å². The Hall–Kier alpha value is -1.38. The molecule has 0 aliphatic carbocycles. The van der Waals surface area contributed by atoms with Crippen LogP contribution in [0.1, 0.15) is 64.2 Å². The van der Waals surface area contributed by atoms with Crippen LogP contribution in [-0.2, 0) is 20.7 Å². The maximum Gasteiger partial charge on any atom is 0.303 e. The lowest BCUT2D eigenvalue weighted by atomic mass is 10.1. The number of para-hydroxylation sites is 1. The van der Waals surface area contributed by atoms with Crippen LogP contribution < -0.4 is 5.32 Å². The van der Waals surface area contributed by atoms with Crippen molar-refractivity contribution in [3.05, 3.63) is 24.3 Å². The summed E-state index contributed by atoms with van der Waals surface area (Å²) >= 11 is -0.113. The molecule has 1 rings (SSSR count). The number of amides is 1. The van der Waals surface area contributed by atoms with Crippen molar-refractivity contribution in [2.24, 2.45) is 0 Å². The fraction of sp³-hybridized carbons (Fsp3) is 0.600. The van der Waals surface area contributed by atoms with E-state index in [-0.39, 0.29) is 12.3 Å². The van der Waals surface area contributed by atoms with E-state index in [0.29, 0.717) is 24.3 Å². The van der Waals surface area contributed by atoms with Gasteiger partial charge in [-0.2, -0.15) is 0 Å². The first kappa shape index (κ1) is 24.7. The number of carboxylic acids is 1. The zero-order chi connectivity index (χ0) is 20.6. The molecule has 0 radical (unpaired) electrons. The molecule has 1 atom stereocenters. The Balaban J connectivity index is 2.18. The highest BCUT2D eigenvalue weighted by Gasteiger charge is 2.07. The molecule has 0 bridgehead atoms. The van der Waals surface area contributed by atoms with E-state index >= 15 is 0 Å². The number of thioether (sulfide) groups is 1. The van der Waals surface area contributed by atoms with Gasteiger partial charge in [-0.15, -0.1) is 11.8 Å². The van der Waals surface area contributed by atoms with Gasteiger partial charge >= 0.3 is 5.97 Å². The largest absolute Gasteiger partial charge is 0.481 e. The summed E-state index contributed by atoms with van der Waals surface area (Å²) in [6, 6.07) is 7.60. The molecule has 1 aromatic rings. The molecule has 6 nitrogen and oxygen atoms in total. The SMILES string of the molecule is O=C(O)CCCSc1ccccc1NC(=O)CCCCCCCCCS(=O)O. The highest BCUT2D eigenvalue weighted by atomic mass is 32.2. The van der Waals surface area contributed by atoms with E-state index in [1.165, 1.54) is 0 Å². The van der Waals surface area contributed by atoms with Crippen molar-refractivity contribution in [2.75, 3.05) is 16.8 Å². The highest BCUT2D eigenvalue weighted by molar-refractivity contribution is 7.99. The van der Waals surface area contributed by atoms with Crippen LogP contribution in [0.4, 0.5) is 5.69 Å². The van der Waals surface area contributed by atoms with Crippen molar-refractivity contribution in [2.45, 2.75) is 69.1 Å². The molecule has 0 aromatic heterocycles. The molecule has 28 heavy (non-hydrogen) atoms. The Morgan fingerprint density at radius 3 is 2.25 bits per heavy atom. The van der Waals surface area contributed by atoms with E-state index < -0.39 is 17.0 Å². The quantitative estimate of drug-likeness (QED) is 0.196. The number of rotatable bonds is 16. The molecule has 0 spiro atoms. The van der Waals surface area contributed by atoms with Crippen molar-refractivity contribution in [3.8, 4) is 0 Å². The minimum Gasteiger partial charge on any atom is -0.481 e. The zero-order valence-electron chi connectivity index (χ0n) is 16.2. The number of carbonyl (C=O) groups excluding carboxylic acids is 1. The first-order valence-corrected chi connectivity index (χ1v) is 12.1. The summed E-state index contributed by atoms with van der Waals surface area (Å²) in [6.45, 7) is 0. The van der Waals surface area contributed by atoms with Crippen molar-refractivity contribution in [1.82, 2.24) is 0 Å². The Morgan fingerprint density at radius 1 is 0.929 bits per heavy atom. The van der Waals surface area contributed by atoms with Gasteiger partial charge in [0.2, 0.25) is 5.91 Å². The van der Waals surface area contributed by atoms with Crippen LogP contribution in [0.3, 0.4) is 0 Å². The minimum atomic E-state index is -1.67. The van der Waals surface area contributed by atoms with Gasteiger partial charge in [0.05, 0.1) is 5.69 Å². The van der Waals surface area contributed by atoms with Gasteiger partial charge in [0.15, 0.2) is 11.1 Å². The van der Waals surface area contributed by atoms with Gasteiger partial charge < -0.3 is 15.0 Å². The van der Waals surface area contributed by atoms with Crippen LogP contribution in [0.5, 0.6) is 0 Å². The van der Waals surface area contributed by atoms with E-state index in [4.69, 9.17) is 9.66 Å². The Bertz CT molecular complexity index is 624. The fourth-order valence-corrected chi connectivity index (χ4v) is 4.12. The Morgan fingerprint density at radius 2 is 1.57 bits per heavy atom. The normalized spacial score (nSPS) is 11.9. The van der Waals surface area contributed by atoms with Gasteiger partial charge in [0.25, 0.3) is 0 Å². The van der Waals surface area contributed by atoms with Crippen molar-refractivity contribution >= 4 is 40.4 Å². The first-order valence-electron chi connectivity index (χ1n) is 9.80. The predicted octanol–water partition coefficient (Wildman–Crippen LogP) is 4.92. The average Bonchev–Trinajstić information content (AvgIpc) is 2.64. The average molecular weight is 430 g/mol. The van der Waals surface area contributed by atoms with Crippen LogP contribution in [0.15, 0.2) is 29.2 Å². The molecule has 1 aromatic carbocycles. The molecule has 0 heterocycles. The predicted molar refractivity (Wildman–Crippen MR) is 115 cm³/mol. The number of anilines is 1. The van der Waals surface area contributed by atoms with Gasteiger partial charge in [-0.05, 0) is 37.1 Å². The molecule has 0 aliphatic heterocycles. The first-order chi connectivity index (χ1) is 13.5. The third kappa shape index (κ3) is 12.9. The van der Waals surface area contributed by atoms with E-state index in [9.17, 15) is 13.8 Å². The van der Waals surface area contributed by atoms with Crippen LogP contribution >= 0.6 is 11.8 Å². The summed E-state index contributed by atoms with van der Waals surface area (Å²) in [5, 5.41) is 11.7. The topological polar surface area (TPSA) is 104 Å². The monoisotopic (exact) mass is 429 g/mol. The summed E-state index contributed by atoms with van der Waals surface area (Å²) in [6.07, 6.45) is 8.10. The molecule has 1 amide bonds. The number of unbranched alkanes of at least 4 members (excludes halogenated alkanes) is 6.